The van der Waals surface area contributed by atoms with Gasteiger partial charge in [0.25, 0.3) is 0 Å². The Hall–Kier alpha value is -2.86. The van der Waals surface area contributed by atoms with Gasteiger partial charge in [0.1, 0.15) is 5.75 Å². The minimum atomic E-state index is 0.0199. The number of para-hydroxylation sites is 2. The van der Waals surface area contributed by atoms with E-state index in [1.165, 1.54) is 0 Å². The van der Waals surface area contributed by atoms with E-state index in [9.17, 15) is 9.59 Å². The summed E-state index contributed by atoms with van der Waals surface area (Å²) >= 11 is 0. The Kier molecular flexibility index (Phi) is 7.64. The first-order valence-electron chi connectivity index (χ1n) is 10.1. The highest BCUT2D eigenvalue weighted by molar-refractivity contribution is 5.90. The van der Waals surface area contributed by atoms with Crippen molar-refractivity contribution in [3.63, 3.8) is 0 Å². The number of methoxy groups -OCH3 is 1. The predicted molar refractivity (Wildman–Crippen MR) is 114 cm³/mol. The van der Waals surface area contributed by atoms with Crippen LogP contribution < -0.4 is 10.1 Å². The number of carbonyl (C=O) groups is 2. The Morgan fingerprint density at radius 2 is 1.62 bits per heavy atom. The number of nitrogens with zero attached hydrogens (tertiary/aromatic N) is 2. The van der Waals surface area contributed by atoms with Crippen LogP contribution >= 0.6 is 0 Å². The largest absolute Gasteiger partial charge is 0.496 e. The molecular weight excluding hydrogens is 366 g/mol. The monoisotopic (exact) mass is 395 g/mol. The number of carbonyl (C=O) groups excluding carboxylic acids is 2. The first-order valence-corrected chi connectivity index (χ1v) is 10.1. The molecule has 1 aliphatic rings. The van der Waals surface area contributed by atoms with Crippen LogP contribution in [-0.2, 0) is 16.0 Å². The summed E-state index contributed by atoms with van der Waals surface area (Å²) in [7, 11) is 1.65. The molecule has 0 radical (unpaired) electrons. The highest BCUT2D eigenvalue weighted by Crippen LogP contribution is 2.19. The van der Waals surface area contributed by atoms with Gasteiger partial charge in [0.05, 0.1) is 7.11 Å². The second-order valence-electron chi connectivity index (χ2n) is 7.20. The number of nitrogens with one attached hydrogen (secondary N) is 1. The van der Waals surface area contributed by atoms with E-state index < -0.39 is 0 Å². The lowest BCUT2D eigenvalue weighted by Crippen LogP contribution is -2.49. The second kappa shape index (κ2) is 10.6. The third-order valence-electron chi connectivity index (χ3n) is 5.24. The molecule has 2 aromatic carbocycles. The van der Waals surface area contributed by atoms with E-state index >= 15 is 0 Å². The predicted octanol–water partition coefficient (Wildman–Crippen LogP) is 2.80. The molecule has 154 valence electrons. The minimum absolute atomic E-state index is 0.0199. The summed E-state index contributed by atoms with van der Waals surface area (Å²) in [5, 5.41) is 2.91. The number of benzene rings is 2. The fourth-order valence-electron chi connectivity index (χ4n) is 3.53. The minimum Gasteiger partial charge on any atom is -0.496 e. The molecule has 1 fully saturated rings. The quantitative estimate of drug-likeness (QED) is 0.747. The number of piperazine rings is 1. The summed E-state index contributed by atoms with van der Waals surface area (Å²) in [6.45, 7) is 3.75. The molecule has 6 nitrogen and oxygen atoms in total. The molecule has 6 heteroatoms. The number of rotatable bonds is 8. The highest BCUT2D eigenvalue weighted by Gasteiger charge is 2.21. The van der Waals surface area contributed by atoms with E-state index in [1.54, 1.807) is 7.11 Å². The van der Waals surface area contributed by atoms with Crippen LogP contribution in [0.15, 0.2) is 54.6 Å². The fraction of sp³-hybridized carbons (Fsp3) is 0.391. The van der Waals surface area contributed by atoms with Crippen molar-refractivity contribution >= 4 is 17.5 Å². The molecule has 1 N–H and O–H groups in total. The van der Waals surface area contributed by atoms with Gasteiger partial charge in [-0.2, -0.15) is 0 Å². The van der Waals surface area contributed by atoms with Crippen molar-refractivity contribution in [1.29, 1.82) is 0 Å². The van der Waals surface area contributed by atoms with Crippen molar-refractivity contribution in [3.05, 3.63) is 60.2 Å². The van der Waals surface area contributed by atoms with E-state index in [0.29, 0.717) is 38.9 Å². The van der Waals surface area contributed by atoms with Crippen molar-refractivity contribution in [1.82, 2.24) is 9.80 Å². The van der Waals surface area contributed by atoms with Gasteiger partial charge in [-0.3, -0.25) is 14.5 Å². The molecule has 2 aromatic rings. The van der Waals surface area contributed by atoms with Crippen molar-refractivity contribution in [3.8, 4) is 5.75 Å². The van der Waals surface area contributed by atoms with Crippen molar-refractivity contribution in [2.75, 3.05) is 45.2 Å². The smallest absolute Gasteiger partial charge is 0.225 e. The summed E-state index contributed by atoms with van der Waals surface area (Å²) < 4.78 is 5.36. The molecule has 1 heterocycles. The zero-order valence-corrected chi connectivity index (χ0v) is 17.0. The van der Waals surface area contributed by atoms with Gasteiger partial charge in [-0.05, 0) is 30.2 Å². The number of ether oxygens (including phenoxy) is 1. The molecule has 0 unspecified atom stereocenters. The third-order valence-corrected chi connectivity index (χ3v) is 5.24. The summed E-state index contributed by atoms with van der Waals surface area (Å²) in [5.74, 6) is 1.03. The van der Waals surface area contributed by atoms with E-state index in [0.717, 1.165) is 30.1 Å². The van der Waals surface area contributed by atoms with Gasteiger partial charge in [-0.25, -0.2) is 0 Å². The number of amides is 2. The average molecular weight is 396 g/mol. The molecule has 1 aliphatic heterocycles. The topological polar surface area (TPSA) is 61.9 Å². The number of aryl methyl sites for hydroxylation is 1. The van der Waals surface area contributed by atoms with E-state index in [-0.39, 0.29) is 11.8 Å². The molecular formula is C23H29N3O3. The molecule has 2 amide bonds. The molecule has 0 spiro atoms. The van der Waals surface area contributed by atoms with Crippen molar-refractivity contribution < 1.29 is 14.3 Å². The first-order chi connectivity index (χ1) is 14.2. The fourth-order valence-corrected chi connectivity index (χ4v) is 3.53. The molecule has 0 aromatic heterocycles. The summed E-state index contributed by atoms with van der Waals surface area (Å²) in [4.78, 5) is 28.8. The van der Waals surface area contributed by atoms with Crippen LogP contribution in [0.4, 0.5) is 5.69 Å². The Bertz CT molecular complexity index is 802. The lowest BCUT2D eigenvalue weighted by atomic mass is 10.1. The van der Waals surface area contributed by atoms with Crippen LogP contribution in [0.25, 0.3) is 0 Å². The van der Waals surface area contributed by atoms with Gasteiger partial charge in [0.15, 0.2) is 0 Å². The molecule has 1 saturated heterocycles. The Morgan fingerprint density at radius 1 is 0.931 bits per heavy atom. The summed E-state index contributed by atoms with van der Waals surface area (Å²) in [6, 6.07) is 17.3. The van der Waals surface area contributed by atoms with Gasteiger partial charge in [-0.15, -0.1) is 0 Å². The maximum Gasteiger partial charge on any atom is 0.225 e. The lowest BCUT2D eigenvalue weighted by molar-refractivity contribution is -0.133. The summed E-state index contributed by atoms with van der Waals surface area (Å²) in [5.41, 5.74) is 1.88. The summed E-state index contributed by atoms with van der Waals surface area (Å²) in [6.07, 6.45) is 1.62. The van der Waals surface area contributed by atoms with Crippen LogP contribution in [-0.4, -0.2) is 61.4 Å². The van der Waals surface area contributed by atoms with E-state index in [4.69, 9.17) is 4.74 Å². The van der Waals surface area contributed by atoms with Gasteiger partial charge in [-0.1, -0.05) is 36.4 Å². The van der Waals surface area contributed by atoms with Gasteiger partial charge in [0.2, 0.25) is 11.8 Å². The SMILES string of the molecule is COc1ccccc1CCC(=O)N1CCN(CCC(=O)Nc2ccccc2)CC1. The van der Waals surface area contributed by atoms with Crippen molar-refractivity contribution in [2.24, 2.45) is 0 Å². The van der Waals surface area contributed by atoms with Crippen molar-refractivity contribution in [2.45, 2.75) is 19.3 Å². The molecule has 0 saturated carbocycles. The van der Waals surface area contributed by atoms with Gasteiger partial charge >= 0.3 is 0 Å². The molecule has 0 bridgehead atoms. The molecule has 0 aliphatic carbocycles. The normalized spacial score (nSPS) is 14.4. The zero-order valence-electron chi connectivity index (χ0n) is 17.0. The van der Waals surface area contributed by atoms with Crippen LogP contribution in [0.1, 0.15) is 18.4 Å². The van der Waals surface area contributed by atoms with E-state index in [2.05, 4.69) is 10.2 Å². The second-order valence-corrected chi connectivity index (χ2v) is 7.20. The lowest BCUT2D eigenvalue weighted by Gasteiger charge is -2.34. The Labute approximate surface area is 172 Å². The maximum atomic E-state index is 12.5. The number of hydrogen-bond donors (Lipinski definition) is 1. The van der Waals surface area contributed by atoms with Gasteiger partial charge < -0.3 is 15.0 Å². The van der Waals surface area contributed by atoms with Crippen LogP contribution in [0.3, 0.4) is 0 Å². The van der Waals surface area contributed by atoms with Gasteiger partial charge in [0, 0.05) is 51.3 Å². The molecule has 29 heavy (non-hydrogen) atoms. The maximum absolute atomic E-state index is 12.5. The average Bonchev–Trinajstić information content (AvgIpc) is 2.77. The first kappa shape index (κ1) is 20.9. The molecule has 0 atom stereocenters. The Balaban J connectivity index is 1.36. The zero-order chi connectivity index (χ0) is 20.5. The van der Waals surface area contributed by atoms with E-state index in [1.807, 2.05) is 59.5 Å². The van der Waals surface area contributed by atoms with Crippen LogP contribution in [0, 0.1) is 0 Å². The standard InChI is InChI=1S/C23H29N3O3/c1-29-21-10-6-5-7-19(21)11-12-23(28)26-17-15-25(16-18-26)14-13-22(27)24-20-8-3-2-4-9-20/h2-10H,11-18H2,1H3,(H,24,27). The number of anilines is 1. The highest BCUT2D eigenvalue weighted by atomic mass is 16.5. The van der Waals surface area contributed by atoms with Crippen LogP contribution in [0.5, 0.6) is 5.75 Å². The number of hydrogen-bond acceptors (Lipinski definition) is 4. The van der Waals surface area contributed by atoms with Crippen LogP contribution in [0.2, 0.25) is 0 Å². The third kappa shape index (κ3) is 6.32. The molecule has 3 rings (SSSR count). The Morgan fingerprint density at radius 3 is 2.34 bits per heavy atom.